The molecule has 0 saturated heterocycles. The highest BCUT2D eigenvalue weighted by molar-refractivity contribution is 7.89. The highest BCUT2D eigenvalue weighted by atomic mass is 32.2. The van der Waals surface area contributed by atoms with E-state index in [0.717, 1.165) is 10.9 Å². The molecule has 0 aliphatic rings. The Morgan fingerprint density at radius 3 is 2.48 bits per heavy atom. The lowest BCUT2D eigenvalue weighted by Gasteiger charge is -2.21. The summed E-state index contributed by atoms with van der Waals surface area (Å²) in [4.78, 5) is 12.6. The molecule has 0 saturated carbocycles. The van der Waals surface area contributed by atoms with Gasteiger partial charge >= 0.3 is 0 Å². The van der Waals surface area contributed by atoms with Gasteiger partial charge in [0.15, 0.2) is 0 Å². The van der Waals surface area contributed by atoms with Crippen molar-refractivity contribution in [1.82, 2.24) is 4.31 Å². The molecule has 1 N–H and O–H groups in total. The van der Waals surface area contributed by atoms with Gasteiger partial charge in [0.1, 0.15) is 11.3 Å². The molecule has 3 aromatic rings. The van der Waals surface area contributed by atoms with Crippen LogP contribution in [-0.4, -0.2) is 38.8 Å². The minimum absolute atomic E-state index is 0.134. The molecule has 1 heterocycles. The average molecular weight is 416 g/mol. The summed E-state index contributed by atoms with van der Waals surface area (Å²) >= 11 is 0. The number of rotatable bonds is 7. The van der Waals surface area contributed by atoms with E-state index < -0.39 is 10.0 Å². The molecule has 1 aromatic heterocycles. The second-order valence-electron chi connectivity index (χ2n) is 6.99. The van der Waals surface area contributed by atoms with Crippen LogP contribution in [0.3, 0.4) is 0 Å². The fourth-order valence-electron chi connectivity index (χ4n) is 2.86. The fourth-order valence-corrected chi connectivity index (χ4v) is 4.23. The first-order chi connectivity index (χ1) is 13.7. The molecule has 8 heteroatoms. The van der Waals surface area contributed by atoms with Gasteiger partial charge in [0.2, 0.25) is 15.9 Å². The second kappa shape index (κ2) is 8.26. The van der Waals surface area contributed by atoms with Gasteiger partial charge in [0.05, 0.1) is 24.7 Å². The molecule has 1 amide bonds. The van der Waals surface area contributed by atoms with E-state index in [0.29, 0.717) is 17.0 Å². The topological polar surface area (TPSA) is 88.8 Å². The van der Waals surface area contributed by atoms with E-state index in [4.69, 9.17) is 9.15 Å². The van der Waals surface area contributed by atoms with Gasteiger partial charge in [-0.05, 0) is 50.2 Å². The number of ether oxygens (including phenoxy) is 1. The van der Waals surface area contributed by atoms with Crippen molar-refractivity contribution < 1.29 is 22.4 Å². The van der Waals surface area contributed by atoms with Crippen LogP contribution in [-0.2, 0) is 21.2 Å². The molecule has 0 spiro atoms. The number of sulfonamides is 1. The monoisotopic (exact) mass is 416 g/mol. The van der Waals surface area contributed by atoms with Gasteiger partial charge in [-0.2, -0.15) is 4.31 Å². The van der Waals surface area contributed by atoms with Crippen LogP contribution in [0, 0.1) is 0 Å². The van der Waals surface area contributed by atoms with Crippen molar-refractivity contribution in [3.8, 4) is 5.75 Å². The van der Waals surface area contributed by atoms with Crippen LogP contribution < -0.4 is 10.1 Å². The predicted octanol–water partition coefficient (Wildman–Crippen LogP) is 3.65. The maximum atomic E-state index is 12.5. The number of nitrogens with zero attached hydrogens (tertiary/aromatic N) is 1. The molecule has 0 aliphatic carbocycles. The molecule has 0 atom stereocenters. The zero-order valence-corrected chi connectivity index (χ0v) is 17.6. The van der Waals surface area contributed by atoms with Gasteiger partial charge in [-0.1, -0.05) is 0 Å². The van der Waals surface area contributed by atoms with Crippen molar-refractivity contribution in [2.24, 2.45) is 0 Å². The first-order valence-electron chi connectivity index (χ1n) is 9.14. The maximum Gasteiger partial charge on any atom is 0.243 e. The third-order valence-electron chi connectivity index (χ3n) is 4.76. The van der Waals surface area contributed by atoms with Gasteiger partial charge in [-0.15, -0.1) is 0 Å². The predicted molar refractivity (Wildman–Crippen MR) is 112 cm³/mol. The second-order valence-corrected chi connectivity index (χ2v) is 8.98. The lowest BCUT2D eigenvalue weighted by molar-refractivity contribution is -0.115. The number of nitrogens with one attached hydrogen (secondary N) is 1. The van der Waals surface area contributed by atoms with Gasteiger partial charge in [-0.25, -0.2) is 8.42 Å². The van der Waals surface area contributed by atoms with Crippen molar-refractivity contribution in [2.45, 2.75) is 31.2 Å². The van der Waals surface area contributed by atoms with Crippen molar-refractivity contribution >= 4 is 32.6 Å². The Balaban J connectivity index is 1.70. The summed E-state index contributed by atoms with van der Waals surface area (Å²) in [6, 6.07) is 11.4. The lowest BCUT2D eigenvalue weighted by atomic mass is 10.1. The molecule has 7 nitrogen and oxygen atoms in total. The molecule has 0 radical (unpaired) electrons. The smallest absolute Gasteiger partial charge is 0.243 e. The highest BCUT2D eigenvalue weighted by Gasteiger charge is 2.22. The quantitative estimate of drug-likeness (QED) is 0.635. The number of methoxy groups -OCH3 is 1. The summed E-state index contributed by atoms with van der Waals surface area (Å²) in [5.74, 6) is 0.458. The minimum atomic E-state index is -3.56. The van der Waals surface area contributed by atoms with Crippen LogP contribution in [0.5, 0.6) is 5.75 Å². The summed E-state index contributed by atoms with van der Waals surface area (Å²) in [6.07, 6.45) is 1.69. The van der Waals surface area contributed by atoms with Crippen LogP contribution in [0.25, 0.3) is 11.0 Å². The zero-order chi connectivity index (χ0) is 21.2. The average Bonchev–Trinajstić information content (AvgIpc) is 3.09. The maximum absolute atomic E-state index is 12.5. The summed E-state index contributed by atoms with van der Waals surface area (Å²) in [6.45, 7) is 3.61. The molecular formula is C21H24N2O5S. The number of furan rings is 1. The van der Waals surface area contributed by atoms with Crippen LogP contribution >= 0.6 is 0 Å². The van der Waals surface area contributed by atoms with E-state index in [1.54, 1.807) is 38.6 Å². The van der Waals surface area contributed by atoms with Gasteiger partial charge in [0, 0.05) is 35.8 Å². The van der Waals surface area contributed by atoms with Crippen molar-refractivity contribution in [3.63, 3.8) is 0 Å². The molecule has 2 aromatic carbocycles. The van der Waals surface area contributed by atoms with E-state index in [1.807, 2.05) is 26.0 Å². The number of anilines is 1. The Hall–Kier alpha value is -2.84. The number of carbonyl (C=O) groups is 1. The molecule has 0 bridgehead atoms. The van der Waals surface area contributed by atoms with E-state index in [-0.39, 0.29) is 23.3 Å². The van der Waals surface area contributed by atoms with Gasteiger partial charge < -0.3 is 14.5 Å². The van der Waals surface area contributed by atoms with E-state index in [1.165, 1.54) is 16.4 Å². The van der Waals surface area contributed by atoms with Gasteiger partial charge in [0.25, 0.3) is 0 Å². The highest BCUT2D eigenvalue weighted by Crippen LogP contribution is 2.26. The standard InChI is InChI=1S/C21H24N2O5S/c1-14(2)23(3)29(25,26)18-8-5-16(6-9-18)22-21(24)11-15-13-28-20-12-17(27-4)7-10-19(15)20/h5-10,12-14H,11H2,1-4H3,(H,22,24). The minimum Gasteiger partial charge on any atom is -0.497 e. The largest absolute Gasteiger partial charge is 0.497 e. The molecule has 0 aliphatic heterocycles. The number of hydrogen-bond acceptors (Lipinski definition) is 5. The van der Waals surface area contributed by atoms with Crippen molar-refractivity contribution in [1.29, 1.82) is 0 Å². The fraction of sp³-hybridized carbons (Fsp3) is 0.286. The van der Waals surface area contributed by atoms with Gasteiger partial charge in [-0.3, -0.25) is 4.79 Å². The van der Waals surface area contributed by atoms with Crippen molar-refractivity contribution in [3.05, 3.63) is 54.3 Å². The molecule has 154 valence electrons. The number of carbonyl (C=O) groups excluding carboxylic acids is 1. The van der Waals surface area contributed by atoms with Crippen molar-refractivity contribution in [2.75, 3.05) is 19.5 Å². The molecule has 29 heavy (non-hydrogen) atoms. The Labute approximate surface area is 170 Å². The zero-order valence-electron chi connectivity index (χ0n) is 16.8. The molecule has 3 rings (SSSR count). The van der Waals surface area contributed by atoms with E-state index in [2.05, 4.69) is 5.32 Å². The Bertz CT molecular complexity index is 1120. The molecule has 0 fully saturated rings. The Morgan fingerprint density at radius 2 is 1.86 bits per heavy atom. The Morgan fingerprint density at radius 1 is 1.17 bits per heavy atom. The van der Waals surface area contributed by atoms with Crippen LogP contribution in [0.4, 0.5) is 5.69 Å². The van der Waals surface area contributed by atoms with E-state index >= 15 is 0 Å². The summed E-state index contributed by atoms with van der Waals surface area (Å²) < 4.78 is 37.0. The number of fused-ring (bicyclic) bond motifs is 1. The molecule has 0 unspecified atom stereocenters. The van der Waals surface area contributed by atoms with Crippen LogP contribution in [0.1, 0.15) is 19.4 Å². The number of benzene rings is 2. The summed E-state index contributed by atoms with van der Waals surface area (Å²) in [5.41, 5.74) is 1.93. The lowest BCUT2D eigenvalue weighted by Crippen LogP contribution is -2.33. The Kier molecular flexibility index (Phi) is 5.95. The summed E-state index contributed by atoms with van der Waals surface area (Å²) in [5, 5.41) is 3.63. The first-order valence-corrected chi connectivity index (χ1v) is 10.6. The first kappa shape index (κ1) is 20.9. The number of amides is 1. The van der Waals surface area contributed by atoms with Crippen LogP contribution in [0.2, 0.25) is 0 Å². The van der Waals surface area contributed by atoms with Crippen LogP contribution in [0.15, 0.2) is 58.0 Å². The number of hydrogen-bond donors (Lipinski definition) is 1. The normalized spacial score (nSPS) is 11.9. The molecular weight excluding hydrogens is 392 g/mol. The third-order valence-corrected chi connectivity index (χ3v) is 6.80. The third kappa shape index (κ3) is 4.44. The summed E-state index contributed by atoms with van der Waals surface area (Å²) in [7, 11) is -0.435. The SMILES string of the molecule is COc1ccc2c(CC(=O)Nc3ccc(S(=O)(=O)N(C)C(C)C)cc3)coc2c1. The van der Waals surface area contributed by atoms with E-state index in [9.17, 15) is 13.2 Å².